The summed E-state index contributed by atoms with van der Waals surface area (Å²) in [6.07, 6.45) is 0. The van der Waals surface area contributed by atoms with Gasteiger partial charge in [0.15, 0.2) is 11.5 Å². The number of furan rings is 2. The SMILES string of the molecule is CCNCc1ccc(-c2cc3cc(C)ccc3o2)o1. The van der Waals surface area contributed by atoms with E-state index >= 15 is 0 Å². The maximum Gasteiger partial charge on any atom is 0.170 e. The van der Waals surface area contributed by atoms with Crippen LogP contribution in [0.5, 0.6) is 0 Å². The highest BCUT2D eigenvalue weighted by Gasteiger charge is 2.10. The highest BCUT2D eigenvalue weighted by Crippen LogP contribution is 2.29. The summed E-state index contributed by atoms with van der Waals surface area (Å²) in [6.45, 7) is 5.83. The van der Waals surface area contributed by atoms with Gasteiger partial charge in [-0.3, -0.25) is 0 Å². The molecule has 0 radical (unpaired) electrons. The Morgan fingerprint density at radius 2 is 1.89 bits per heavy atom. The standard InChI is InChI=1S/C16H17NO2/c1-3-17-10-13-5-7-15(18-13)16-9-12-8-11(2)4-6-14(12)19-16/h4-9,17H,3,10H2,1-2H3. The highest BCUT2D eigenvalue weighted by atomic mass is 16.4. The van der Waals surface area contributed by atoms with E-state index in [9.17, 15) is 0 Å². The normalized spacial score (nSPS) is 11.3. The molecule has 0 aliphatic heterocycles. The van der Waals surface area contributed by atoms with E-state index in [1.54, 1.807) is 0 Å². The molecule has 0 spiro atoms. The molecule has 0 bridgehead atoms. The Morgan fingerprint density at radius 3 is 2.74 bits per heavy atom. The Labute approximate surface area is 112 Å². The summed E-state index contributed by atoms with van der Waals surface area (Å²) in [5.41, 5.74) is 2.12. The number of rotatable bonds is 4. The minimum absolute atomic E-state index is 0.746. The molecule has 3 nitrogen and oxygen atoms in total. The van der Waals surface area contributed by atoms with Gasteiger partial charge in [-0.2, -0.15) is 0 Å². The Hall–Kier alpha value is -2.00. The largest absolute Gasteiger partial charge is 0.456 e. The Bertz CT molecular complexity index is 694. The molecule has 19 heavy (non-hydrogen) atoms. The minimum Gasteiger partial charge on any atom is -0.456 e. The first-order valence-electron chi connectivity index (χ1n) is 6.56. The van der Waals surface area contributed by atoms with Gasteiger partial charge in [-0.1, -0.05) is 18.6 Å². The predicted molar refractivity (Wildman–Crippen MR) is 76.0 cm³/mol. The van der Waals surface area contributed by atoms with Gasteiger partial charge in [-0.15, -0.1) is 0 Å². The third-order valence-corrected chi connectivity index (χ3v) is 3.13. The highest BCUT2D eigenvalue weighted by molar-refractivity contribution is 5.82. The summed E-state index contributed by atoms with van der Waals surface area (Å²) in [4.78, 5) is 0. The summed E-state index contributed by atoms with van der Waals surface area (Å²) < 4.78 is 11.6. The van der Waals surface area contributed by atoms with Crippen molar-refractivity contribution in [2.24, 2.45) is 0 Å². The number of benzene rings is 1. The van der Waals surface area contributed by atoms with Crippen LogP contribution in [0, 0.1) is 6.92 Å². The molecule has 2 aromatic heterocycles. The Balaban J connectivity index is 1.92. The van der Waals surface area contributed by atoms with Gasteiger partial charge in [0.05, 0.1) is 6.54 Å². The molecule has 0 aliphatic rings. The second-order valence-electron chi connectivity index (χ2n) is 4.70. The summed E-state index contributed by atoms with van der Waals surface area (Å²) in [7, 11) is 0. The van der Waals surface area contributed by atoms with Crippen molar-refractivity contribution < 1.29 is 8.83 Å². The van der Waals surface area contributed by atoms with Gasteiger partial charge in [0.1, 0.15) is 11.3 Å². The lowest BCUT2D eigenvalue weighted by Crippen LogP contribution is -2.10. The molecule has 0 unspecified atom stereocenters. The third-order valence-electron chi connectivity index (χ3n) is 3.13. The van der Waals surface area contributed by atoms with Crippen molar-refractivity contribution in [3.63, 3.8) is 0 Å². The molecule has 0 saturated carbocycles. The van der Waals surface area contributed by atoms with Crippen LogP contribution in [0.2, 0.25) is 0 Å². The molecule has 0 saturated heterocycles. The maximum absolute atomic E-state index is 5.81. The van der Waals surface area contributed by atoms with E-state index in [2.05, 4.69) is 25.2 Å². The number of hydrogen-bond donors (Lipinski definition) is 1. The molecular weight excluding hydrogens is 238 g/mol. The molecule has 98 valence electrons. The fourth-order valence-corrected chi connectivity index (χ4v) is 2.14. The Morgan fingerprint density at radius 1 is 1.00 bits per heavy atom. The van der Waals surface area contributed by atoms with Crippen LogP contribution in [0.4, 0.5) is 0 Å². The zero-order chi connectivity index (χ0) is 13.2. The van der Waals surface area contributed by atoms with Crippen molar-refractivity contribution in [3.05, 3.63) is 47.7 Å². The van der Waals surface area contributed by atoms with E-state index in [1.165, 1.54) is 5.56 Å². The summed E-state index contributed by atoms with van der Waals surface area (Å²) in [5.74, 6) is 2.48. The first kappa shape index (κ1) is 12.1. The van der Waals surface area contributed by atoms with Crippen molar-refractivity contribution in [1.29, 1.82) is 0 Å². The van der Waals surface area contributed by atoms with Crippen LogP contribution in [0.3, 0.4) is 0 Å². The number of fused-ring (bicyclic) bond motifs is 1. The molecule has 0 atom stereocenters. The molecule has 0 fully saturated rings. The first-order chi connectivity index (χ1) is 9.26. The zero-order valence-electron chi connectivity index (χ0n) is 11.2. The van der Waals surface area contributed by atoms with E-state index < -0.39 is 0 Å². The van der Waals surface area contributed by atoms with Gasteiger partial charge < -0.3 is 14.2 Å². The van der Waals surface area contributed by atoms with E-state index in [4.69, 9.17) is 8.83 Å². The summed E-state index contributed by atoms with van der Waals surface area (Å²) >= 11 is 0. The summed E-state index contributed by atoms with van der Waals surface area (Å²) in [6, 6.07) is 12.1. The van der Waals surface area contributed by atoms with Crippen molar-refractivity contribution in [3.8, 4) is 11.5 Å². The van der Waals surface area contributed by atoms with Crippen LogP contribution in [-0.4, -0.2) is 6.54 Å². The number of aryl methyl sites for hydroxylation is 1. The van der Waals surface area contributed by atoms with Crippen molar-refractivity contribution in [1.82, 2.24) is 5.32 Å². The molecule has 3 rings (SSSR count). The molecule has 1 aromatic carbocycles. The van der Waals surface area contributed by atoms with Crippen molar-refractivity contribution in [2.75, 3.05) is 6.54 Å². The lowest BCUT2D eigenvalue weighted by atomic mass is 10.2. The van der Waals surface area contributed by atoms with Gasteiger partial charge in [0.25, 0.3) is 0 Å². The molecule has 1 N–H and O–H groups in total. The molecule has 3 heteroatoms. The van der Waals surface area contributed by atoms with E-state index in [0.29, 0.717) is 0 Å². The fourth-order valence-electron chi connectivity index (χ4n) is 2.14. The third kappa shape index (κ3) is 2.42. The van der Waals surface area contributed by atoms with Crippen LogP contribution in [0.1, 0.15) is 18.2 Å². The van der Waals surface area contributed by atoms with Crippen LogP contribution < -0.4 is 5.32 Å². The van der Waals surface area contributed by atoms with Crippen LogP contribution in [-0.2, 0) is 6.54 Å². The van der Waals surface area contributed by atoms with E-state index in [-0.39, 0.29) is 0 Å². The topological polar surface area (TPSA) is 38.3 Å². The van der Waals surface area contributed by atoms with Gasteiger partial charge >= 0.3 is 0 Å². The first-order valence-corrected chi connectivity index (χ1v) is 6.56. The van der Waals surface area contributed by atoms with Crippen molar-refractivity contribution >= 4 is 11.0 Å². The quantitative estimate of drug-likeness (QED) is 0.762. The molecule has 3 aromatic rings. The van der Waals surface area contributed by atoms with E-state index in [0.717, 1.165) is 41.3 Å². The van der Waals surface area contributed by atoms with Gasteiger partial charge in [0.2, 0.25) is 0 Å². The second kappa shape index (κ2) is 4.94. The van der Waals surface area contributed by atoms with Crippen LogP contribution in [0.25, 0.3) is 22.5 Å². The van der Waals surface area contributed by atoms with Crippen LogP contribution in [0.15, 0.2) is 45.2 Å². The predicted octanol–water partition coefficient (Wildman–Crippen LogP) is 4.11. The molecule has 2 heterocycles. The summed E-state index contributed by atoms with van der Waals surface area (Å²) in [5, 5.41) is 4.35. The second-order valence-corrected chi connectivity index (χ2v) is 4.70. The van der Waals surface area contributed by atoms with Crippen LogP contribution >= 0.6 is 0 Å². The van der Waals surface area contributed by atoms with Gasteiger partial charge in [0, 0.05) is 5.39 Å². The zero-order valence-corrected chi connectivity index (χ0v) is 11.2. The average Bonchev–Trinajstić information content (AvgIpc) is 3.01. The average molecular weight is 255 g/mol. The Kier molecular flexibility index (Phi) is 3.13. The smallest absolute Gasteiger partial charge is 0.170 e. The van der Waals surface area contributed by atoms with Crippen molar-refractivity contribution in [2.45, 2.75) is 20.4 Å². The maximum atomic E-state index is 5.81. The molecule has 0 amide bonds. The monoisotopic (exact) mass is 255 g/mol. The molecular formula is C16H17NO2. The number of hydrogen-bond acceptors (Lipinski definition) is 3. The van der Waals surface area contributed by atoms with Gasteiger partial charge in [-0.25, -0.2) is 0 Å². The number of nitrogens with one attached hydrogen (secondary N) is 1. The fraction of sp³-hybridized carbons (Fsp3) is 0.250. The lowest BCUT2D eigenvalue weighted by Gasteiger charge is -1.96. The van der Waals surface area contributed by atoms with E-state index in [1.807, 2.05) is 30.3 Å². The lowest BCUT2D eigenvalue weighted by molar-refractivity contribution is 0.482. The minimum atomic E-state index is 0.746. The van der Waals surface area contributed by atoms with Gasteiger partial charge in [-0.05, 0) is 43.8 Å². The molecule has 0 aliphatic carbocycles.